The molecule has 31 heavy (non-hydrogen) atoms. The fourth-order valence-electron chi connectivity index (χ4n) is 7.22. The van der Waals surface area contributed by atoms with Gasteiger partial charge in [0.1, 0.15) is 13.7 Å². The maximum atomic E-state index is 11.9. The summed E-state index contributed by atoms with van der Waals surface area (Å²) in [6.07, 6.45) is 6.14. The zero-order valence-electron chi connectivity index (χ0n) is 20.1. The van der Waals surface area contributed by atoms with Gasteiger partial charge >= 0.3 is 0 Å². The summed E-state index contributed by atoms with van der Waals surface area (Å²) in [5.74, 6) is 5.98. The Balaban J connectivity index is 1.65. The highest BCUT2D eigenvalue weighted by atomic mass is 28.3. The molecule has 2 saturated carbocycles. The number of ether oxygens (including phenoxy) is 1. The van der Waals surface area contributed by atoms with Gasteiger partial charge in [-0.05, 0) is 97.7 Å². The smallest absolute Gasteiger partial charge is 0.160 e. The normalized spacial score (nSPS) is 34.2. The van der Waals surface area contributed by atoms with Crippen molar-refractivity contribution in [2.24, 2.45) is 17.3 Å². The average molecular weight is 441 g/mol. The third-order valence-corrected chi connectivity index (χ3v) is 14.5. The van der Waals surface area contributed by atoms with Gasteiger partial charge in [0.2, 0.25) is 0 Å². The molecule has 0 aliphatic heterocycles. The largest absolute Gasteiger partial charge is 0.504 e. The minimum absolute atomic E-state index is 0.116. The zero-order valence-corrected chi connectivity index (χ0v) is 21.1. The zero-order chi connectivity index (χ0) is 22.4. The Morgan fingerprint density at radius 1 is 1.10 bits per heavy atom. The monoisotopic (exact) mass is 440 g/mol. The van der Waals surface area contributed by atoms with E-state index in [1.807, 2.05) is 6.07 Å². The Morgan fingerprint density at radius 3 is 2.45 bits per heavy atom. The molecule has 4 rings (SSSR count). The van der Waals surface area contributed by atoms with Gasteiger partial charge in [-0.2, -0.15) is 0 Å². The van der Waals surface area contributed by atoms with E-state index in [0.717, 1.165) is 38.5 Å². The van der Waals surface area contributed by atoms with E-state index in [0.29, 0.717) is 23.5 Å². The van der Waals surface area contributed by atoms with Crippen molar-refractivity contribution in [1.29, 1.82) is 0 Å². The highest BCUT2D eigenvalue weighted by Gasteiger charge is 2.61. The van der Waals surface area contributed by atoms with Crippen LogP contribution in [0.2, 0.25) is 18.1 Å². The molecule has 1 aromatic rings. The molecule has 170 valence electrons. The lowest BCUT2D eigenvalue weighted by Crippen LogP contribution is -2.50. The molecule has 2 N–H and O–H groups in total. The molecule has 0 heterocycles. The first-order valence-corrected chi connectivity index (χ1v) is 15.0. The van der Waals surface area contributed by atoms with E-state index in [1.165, 1.54) is 29.3 Å². The van der Waals surface area contributed by atoms with E-state index >= 15 is 0 Å². The highest BCUT2D eigenvalue weighted by Crippen LogP contribution is 2.64. The summed E-state index contributed by atoms with van der Waals surface area (Å²) in [7, 11) is 0.0487. The number of fused-ring (bicyclic) bond motifs is 5. The van der Waals surface area contributed by atoms with Crippen LogP contribution in [-0.4, -0.2) is 31.0 Å². The van der Waals surface area contributed by atoms with Crippen molar-refractivity contribution in [2.75, 3.05) is 7.11 Å². The summed E-state index contributed by atoms with van der Waals surface area (Å²) in [6.45, 7) is 9.19. The molecule has 0 aromatic heterocycles. The molecule has 0 amide bonds. The van der Waals surface area contributed by atoms with Gasteiger partial charge in [-0.3, -0.25) is 0 Å². The first kappa shape index (κ1) is 22.7. The van der Waals surface area contributed by atoms with Crippen molar-refractivity contribution < 1.29 is 14.9 Å². The quantitative estimate of drug-likeness (QED) is 0.443. The van der Waals surface area contributed by atoms with Crippen LogP contribution in [-0.2, 0) is 6.42 Å². The standard InChI is InChI=1S/C27H40O3Si/c1-6-31(7-2,8-3)16-15-27(29)14-12-23-21-10-9-19-17-24(28)25(30-5)18-22(19)20(21)11-13-26(23,27)4/h17-18,20-21,23,28-29H,6-14H2,1-5H3/t20-,21+,23-,26-,27+/m0/s1. The molecule has 3 aliphatic carbocycles. The molecule has 5 atom stereocenters. The lowest BCUT2D eigenvalue weighted by atomic mass is 9.53. The molecule has 1 aromatic carbocycles. The summed E-state index contributed by atoms with van der Waals surface area (Å²) in [5.41, 5.74) is 5.41. The van der Waals surface area contributed by atoms with Gasteiger partial charge < -0.3 is 14.9 Å². The van der Waals surface area contributed by atoms with E-state index < -0.39 is 13.7 Å². The van der Waals surface area contributed by atoms with Gasteiger partial charge in [0, 0.05) is 5.41 Å². The van der Waals surface area contributed by atoms with Gasteiger partial charge in [-0.25, -0.2) is 0 Å². The van der Waals surface area contributed by atoms with E-state index in [2.05, 4.69) is 45.2 Å². The molecule has 0 spiro atoms. The number of aryl methyl sites for hydroxylation is 1. The maximum Gasteiger partial charge on any atom is 0.160 e. The molecule has 2 fully saturated rings. The van der Waals surface area contributed by atoms with E-state index in [9.17, 15) is 10.2 Å². The number of hydrogen-bond donors (Lipinski definition) is 2. The van der Waals surface area contributed by atoms with Crippen molar-refractivity contribution in [2.45, 2.75) is 95.9 Å². The number of phenolic OH excluding ortho intramolecular Hbond substituents is 1. The first-order valence-electron chi connectivity index (χ1n) is 12.4. The van der Waals surface area contributed by atoms with Crippen LogP contribution in [0.4, 0.5) is 0 Å². The van der Waals surface area contributed by atoms with Gasteiger partial charge in [-0.15, -0.1) is 5.54 Å². The van der Waals surface area contributed by atoms with Crippen molar-refractivity contribution in [3.63, 3.8) is 0 Å². The third-order valence-electron chi connectivity index (χ3n) is 9.74. The van der Waals surface area contributed by atoms with Crippen LogP contribution >= 0.6 is 0 Å². The number of aliphatic hydroxyl groups is 1. The predicted molar refractivity (Wildman–Crippen MR) is 129 cm³/mol. The topological polar surface area (TPSA) is 49.7 Å². The first-order chi connectivity index (χ1) is 14.8. The SMILES string of the molecule is CC[Si](C#C[C@]1(O)CC[C@H]2[C@@H]3CCc4cc(O)c(OC)cc4[C@H]3CC[C@@]21C)(CC)CC. The van der Waals surface area contributed by atoms with E-state index in [4.69, 9.17) is 4.74 Å². The Bertz CT molecular complexity index is 887. The minimum Gasteiger partial charge on any atom is -0.504 e. The fourth-order valence-corrected chi connectivity index (χ4v) is 9.73. The molecule has 0 radical (unpaired) electrons. The summed E-state index contributed by atoms with van der Waals surface area (Å²) >= 11 is 0. The number of hydrogen-bond acceptors (Lipinski definition) is 3. The summed E-state index contributed by atoms with van der Waals surface area (Å²) in [5, 5.41) is 22.1. The summed E-state index contributed by atoms with van der Waals surface area (Å²) in [4.78, 5) is 0. The Hall–Kier alpha value is -1.44. The molecule has 0 unspecified atom stereocenters. The fraction of sp³-hybridized carbons (Fsp3) is 0.704. The van der Waals surface area contributed by atoms with Crippen LogP contribution in [0.15, 0.2) is 12.1 Å². The number of phenols is 1. The van der Waals surface area contributed by atoms with E-state index in [1.54, 1.807) is 7.11 Å². The molecule has 4 heteroatoms. The molecule has 0 saturated heterocycles. The van der Waals surface area contributed by atoms with Crippen LogP contribution in [0.25, 0.3) is 0 Å². The Morgan fingerprint density at radius 2 is 1.81 bits per heavy atom. The molecular weight excluding hydrogens is 400 g/mol. The third kappa shape index (κ3) is 3.44. The average Bonchev–Trinajstić information content (AvgIpc) is 3.05. The Labute approximate surface area is 189 Å². The number of benzene rings is 1. The second kappa shape index (κ2) is 8.16. The number of rotatable bonds is 4. The van der Waals surface area contributed by atoms with Crippen molar-refractivity contribution in [3.8, 4) is 23.0 Å². The second-order valence-corrected chi connectivity index (χ2v) is 15.5. The van der Waals surface area contributed by atoms with Gasteiger partial charge in [0.25, 0.3) is 0 Å². The number of aromatic hydroxyl groups is 1. The van der Waals surface area contributed by atoms with Crippen LogP contribution in [0, 0.1) is 28.7 Å². The van der Waals surface area contributed by atoms with Crippen molar-refractivity contribution in [1.82, 2.24) is 0 Å². The van der Waals surface area contributed by atoms with Gasteiger partial charge in [0.15, 0.2) is 11.5 Å². The minimum atomic E-state index is -1.58. The van der Waals surface area contributed by atoms with Crippen LogP contribution in [0.3, 0.4) is 0 Å². The highest BCUT2D eigenvalue weighted by molar-refractivity contribution is 6.87. The lowest BCUT2D eigenvalue weighted by Gasteiger charge is -2.52. The Kier molecular flexibility index (Phi) is 5.98. The van der Waals surface area contributed by atoms with Gasteiger partial charge in [-0.1, -0.05) is 33.6 Å². The lowest BCUT2D eigenvalue weighted by molar-refractivity contribution is -0.0647. The van der Waals surface area contributed by atoms with Crippen molar-refractivity contribution in [3.05, 3.63) is 23.3 Å². The van der Waals surface area contributed by atoms with Crippen LogP contribution in [0.5, 0.6) is 11.5 Å². The summed E-state index contributed by atoms with van der Waals surface area (Å²) < 4.78 is 5.42. The molecular formula is C27H40O3Si. The molecule has 0 bridgehead atoms. The second-order valence-electron chi connectivity index (χ2n) is 10.6. The van der Waals surface area contributed by atoms with E-state index in [-0.39, 0.29) is 11.2 Å². The van der Waals surface area contributed by atoms with Crippen LogP contribution in [0.1, 0.15) is 76.8 Å². The molecule has 3 nitrogen and oxygen atoms in total. The van der Waals surface area contributed by atoms with Gasteiger partial charge in [0.05, 0.1) is 7.11 Å². The molecule has 3 aliphatic rings. The maximum absolute atomic E-state index is 11.9. The van der Waals surface area contributed by atoms with Crippen LogP contribution < -0.4 is 4.74 Å². The summed E-state index contributed by atoms with van der Waals surface area (Å²) in [6, 6.07) is 7.53. The van der Waals surface area contributed by atoms with Crippen molar-refractivity contribution >= 4 is 8.07 Å². The predicted octanol–water partition coefficient (Wildman–Crippen LogP) is 6.04. The number of methoxy groups -OCH3 is 1.